The number of aromatic nitrogens is 2. The molecule has 0 fully saturated rings. The van der Waals surface area contributed by atoms with E-state index >= 15 is 0 Å². The summed E-state index contributed by atoms with van der Waals surface area (Å²) in [4.78, 5) is 12.6. The Labute approximate surface area is 152 Å². The highest BCUT2D eigenvalue weighted by atomic mass is 35.5. The number of aryl methyl sites for hydroxylation is 1. The summed E-state index contributed by atoms with van der Waals surface area (Å²) in [6.07, 6.45) is 0. The lowest BCUT2D eigenvalue weighted by atomic mass is 10.1. The van der Waals surface area contributed by atoms with E-state index in [0.29, 0.717) is 23.7 Å². The van der Waals surface area contributed by atoms with E-state index in [1.165, 1.54) is 0 Å². The summed E-state index contributed by atoms with van der Waals surface area (Å²) in [6.45, 7) is 4.82. The predicted molar refractivity (Wildman–Crippen MR) is 99.9 cm³/mol. The molecular formula is C20H20ClN3O. The molecule has 0 saturated carbocycles. The molecule has 0 atom stereocenters. The summed E-state index contributed by atoms with van der Waals surface area (Å²) in [7, 11) is 0. The lowest BCUT2D eigenvalue weighted by Gasteiger charge is -2.08. The van der Waals surface area contributed by atoms with Crippen molar-refractivity contribution < 1.29 is 4.79 Å². The molecule has 0 radical (unpaired) electrons. The van der Waals surface area contributed by atoms with Gasteiger partial charge in [0.2, 0.25) is 0 Å². The van der Waals surface area contributed by atoms with E-state index in [-0.39, 0.29) is 5.91 Å². The number of benzene rings is 2. The minimum Gasteiger partial charge on any atom is -0.348 e. The van der Waals surface area contributed by atoms with Crippen LogP contribution >= 0.6 is 11.6 Å². The van der Waals surface area contributed by atoms with Crippen molar-refractivity contribution in [3.05, 3.63) is 87.7 Å². The third-order valence-corrected chi connectivity index (χ3v) is 4.55. The summed E-state index contributed by atoms with van der Waals surface area (Å²) in [5.74, 6) is -0.130. The Morgan fingerprint density at radius 3 is 2.48 bits per heavy atom. The van der Waals surface area contributed by atoms with E-state index in [2.05, 4.69) is 10.4 Å². The van der Waals surface area contributed by atoms with Crippen molar-refractivity contribution in [3.8, 4) is 0 Å². The summed E-state index contributed by atoms with van der Waals surface area (Å²) in [6, 6.07) is 17.6. The van der Waals surface area contributed by atoms with Crippen LogP contribution < -0.4 is 5.32 Å². The van der Waals surface area contributed by atoms with Crippen LogP contribution in [0, 0.1) is 13.8 Å². The molecule has 1 heterocycles. The monoisotopic (exact) mass is 353 g/mol. The largest absolute Gasteiger partial charge is 0.348 e. The van der Waals surface area contributed by atoms with Gasteiger partial charge in [0.25, 0.3) is 5.91 Å². The van der Waals surface area contributed by atoms with Crippen molar-refractivity contribution in [1.82, 2.24) is 15.1 Å². The lowest BCUT2D eigenvalue weighted by Crippen LogP contribution is -2.24. The first-order valence-corrected chi connectivity index (χ1v) is 8.53. The minimum absolute atomic E-state index is 0.130. The number of halogens is 1. The molecule has 1 amide bonds. The standard InChI is InChI=1S/C20H20ClN3O/c1-14-19(20(25)22-12-17-10-6-7-11-18(17)21)15(2)24(23-14)13-16-8-4-3-5-9-16/h3-11H,12-13H2,1-2H3,(H,22,25). The molecule has 5 heteroatoms. The van der Waals surface area contributed by atoms with Crippen LogP contribution in [0.5, 0.6) is 0 Å². The second kappa shape index (κ2) is 7.53. The van der Waals surface area contributed by atoms with Crippen LogP contribution in [0.15, 0.2) is 54.6 Å². The Bertz CT molecular complexity index is 887. The highest BCUT2D eigenvalue weighted by Crippen LogP contribution is 2.17. The van der Waals surface area contributed by atoms with Gasteiger partial charge in [0, 0.05) is 17.3 Å². The Hall–Kier alpha value is -2.59. The van der Waals surface area contributed by atoms with Gasteiger partial charge in [-0.25, -0.2) is 0 Å². The van der Waals surface area contributed by atoms with E-state index in [0.717, 1.165) is 22.5 Å². The topological polar surface area (TPSA) is 46.9 Å². The second-order valence-corrected chi connectivity index (χ2v) is 6.37. The normalized spacial score (nSPS) is 10.7. The SMILES string of the molecule is Cc1nn(Cc2ccccc2)c(C)c1C(=O)NCc1ccccc1Cl. The van der Waals surface area contributed by atoms with Gasteiger partial charge in [0.05, 0.1) is 17.8 Å². The molecular weight excluding hydrogens is 334 g/mol. The highest BCUT2D eigenvalue weighted by Gasteiger charge is 2.18. The minimum atomic E-state index is -0.130. The van der Waals surface area contributed by atoms with Gasteiger partial charge in [-0.3, -0.25) is 9.48 Å². The van der Waals surface area contributed by atoms with Crippen LogP contribution in [-0.2, 0) is 13.1 Å². The highest BCUT2D eigenvalue weighted by molar-refractivity contribution is 6.31. The smallest absolute Gasteiger partial charge is 0.255 e. The fraction of sp³-hybridized carbons (Fsp3) is 0.200. The quantitative estimate of drug-likeness (QED) is 0.749. The first-order chi connectivity index (χ1) is 12.1. The van der Waals surface area contributed by atoms with Crippen molar-refractivity contribution in [3.63, 3.8) is 0 Å². The molecule has 3 rings (SSSR count). The van der Waals surface area contributed by atoms with E-state index < -0.39 is 0 Å². The number of carbonyl (C=O) groups is 1. The fourth-order valence-corrected chi connectivity index (χ4v) is 3.04. The van der Waals surface area contributed by atoms with Gasteiger partial charge in [-0.1, -0.05) is 60.1 Å². The molecule has 0 bridgehead atoms. The van der Waals surface area contributed by atoms with Crippen LogP contribution in [0.3, 0.4) is 0 Å². The maximum absolute atomic E-state index is 12.6. The average molecular weight is 354 g/mol. The molecule has 0 aliphatic heterocycles. The van der Waals surface area contributed by atoms with Crippen LogP contribution in [-0.4, -0.2) is 15.7 Å². The van der Waals surface area contributed by atoms with Crippen molar-refractivity contribution in [2.24, 2.45) is 0 Å². The molecule has 25 heavy (non-hydrogen) atoms. The molecule has 4 nitrogen and oxygen atoms in total. The number of hydrogen-bond acceptors (Lipinski definition) is 2. The van der Waals surface area contributed by atoms with Gasteiger partial charge in [-0.2, -0.15) is 5.10 Å². The molecule has 0 aliphatic rings. The number of nitrogens with zero attached hydrogens (tertiary/aromatic N) is 2. The van der Waals surface area contributed by atoms with E-state index in [9.17, 15) is 4.79 Å². The zero-order valence-corrected chi connectivity index (χ0v) is 15.0. The van der Waals surface area contributed by atoms with Crippen molar-refractivity contribution in [2.45, 2.75) is 26.9 Å². The van der Waals surface area contributed by atoms with Gasteiger partial charge in [0.1, 0.15) is 0 Å². The Balaban J connectivity index is 1.76. The Morgan fingerprint density at radius 1 is 1.08 bits per heavy atom. The molecule has 1 N–H and O–H groups in total. The summed E-state index contributed by atoms with van der Waals surface area (Å²) < 4.78 is 1.87. The first-order valence-electron chi connectivity index (χ1n) is 8.16. The summed E-state index contributed by atoms with van der Waals surface area (Å²) in [5, 5.41) is 8.12. The van der Waals surface area contributed by atoms with E-state index in [1.54, 1.807) is 0 Å². The van der Waals surface area contributed by atoms with Crippen LogP contribution in [0.2, 0.25) is 5.02 Å². The third kappa shape index (κ3) is 3.91. The molecule has 3 aromatic rings. The first kappa shape index (κ1) is 17.2. The van der Waals surface area contributed by atoms with Gasteiger partial charge < -0.3 is 5.32 Å². The molecule has 0 aliphatic carbocycles. The maximum atomic E-state index is 12.6. The fourth-order valence-electron chi connectivity index (χ4n) is 2.84. The molecule has 0 spiro atoms. The van der Waals surface area contributed by atoms with Gasteiger partial charge >= 0.3 is 0 Å². The van der Waals surface area contributed by atoms with E-state index in [4.69, 9.17) is 11.6 Å². The Kier molecular flexibility index (Phi) is 5.19. The summed E-state index contributed by atoms with van der Waals surface area (Å²) in [5.41, 5.74) is 4.26. The van der Waals surface area contributed by atoms with E-state index in [1.807, 2.05) is 73.1 Å². The second-order valence-electron chi connectivity index (χ2n) is 5.96. The average Bonchev–Trinajstić information content (AvgIpc) is 2.88. The molecule has 1 aromatic heterocycles. The number of rotatable bonds is 5. The lowest BCUT2D eigenvalue weighted by molar-refractivity contribution is 0.0949. The number of carbonyl (C=O) groups excluding carboxylic acids is 1. The Morgan fingerprint density at radius 2 is 1.76 bits per heavy atom. The van der Waals surface area contributed by atoms with Crippen molar-refractivity contribution >= 4 is 17.5 Å². The van der Waals surface area contributed by atoms with Crippen LogP contribution in [0.4, 0.5) is 0 Å². The molecule has 128 valence electrons. The van der Waals surface area contributed by atoms with Crippen LogP contribution in [0.1, 0.15) is 32.9 Å². The molecule has 0 unspecified atom stereocenters. The van der Waals surface area contributed by atoms with Crippen LogP contribution in [0.25, 0.3) is 0 Å². The third-order valence-electron chi connectivity index (χ3n) is 4.18. The van der Waals surface area contributed by atoms with Crippen molar-refractivity contribution in [1.29, 1.82) is 0 Å². The van der Waals surface area contributed by atoms with Gasteiger partial charge in [0.15, 0.2) is 0 Å². The molecule has 0 saturated heterocycles. The number of nitrogens with one attached hydrogen (secondary N) is 1. The molecule has 2 aromatic carbocycles. The zero-order chi connectivity index (χ0) is 17.8. The zero-order valence-electron chi connectivity index (χ0n) is 14.3. The van der Waals surface area contributed by atoms with Gasteiger partial charge in [-0.05, 0) is 31.0 Å². The predicted octanol–water partition coefficient (Wildman–Crippen LogP) is 4.13. The summed E-state index contributed by atoms with van der Waals surface area (Å²) >= 11 is 6.14. The number of hydrogen-bond donors (Lipinski definition) is 1. The van der Waals surface area contributed by atoms with Gasteiger partial charge in [-0.15, -0.1) is 0 Å². The van der Waals surface area contributed by atoms with Crippen molar-refractivity contribution in [2.75, 3.05) is 0 Å². The number of amides is 1. The maximum Gasteiger partial charge on any atom is 0.255 e.